The number of benzene rings is 8. The average Bonchev–Trinajstić information content (AvgIpc) is 3.83. The summed E-state index contributed by atoms with van der Waals surface area (Å²) in [6.45, 7) is 19.5. The Morgan fingerprint density at radius 1 is 0.586 bits per heavy atom. The highest BCUT2D eigenvalue weighted by Gasteiger charge is 2.58. The van der Waals surface area contributed by atoms with Gasteiger partial charge in [0.05, 0.1) is 16.9 Å². The van der Waals surface area contributed by atoms with Gasteiger partial charge in [0.2, 0.25) is 0 Å². The minimum atomic E-state index is -0.0985. The van der Waals surface area contributed by atoms with Crippen molar-refractivity contribution in [3.63, 3.8) is 0 Å². The van der Waals surface area contributed by atoms with Gasteiger partial charge in [0.15, 0.2) is 5.58 Å². The molecular formula is C64H58BN3O2. The van der Waals surface area contributed by atoms with Crippen LogP contribution in [0.2, 0.25) is 0 Å². The van der Waals surface area contributed by atoms with Gasteiger partial charge in [0.25, 0.3) is 6.71 Å². The summed E-state index contributed by atoms with van der Waals surface area (Å²) in [5.41, 5.74) is 25.4. The molecule has 6 heteroatoms. The van der Waals surface area contributed by atoms with E-state index in [1.54, 1.807) is 0 Å². The minimum Gasteiger partial charge on any atom is -0.488 e. The Morgan fingerprint density at radius 2 is 1.26 bits per heavy atom. The Labute approximate surface area is 412 Å². The molecule has 0 amide bonds. The second-order valence-corrected chi connectivity index (χ2v) is 22.6. The lowest BCUT2D eigenvalue weighted by molar-refractivity contribution is 0.194. The van der Waals surface area contributed by atoms with Gasteiger partial charge in [0.1, 0.15) is 17.9 Å². The van der Waals surface area contributed by atoms with E-state index in [2.05, 4.69) is 216 Å². The van der Waals surface area contributed by atoms with Crippen LogP contribution in [0.25, 0.3) is 33.1 Å². The number of aryl methyl sites for hydroxylation is 3. The van der Waals surface area contributed by atoms with Crippen molar-refractivity contribution < 1.29 is 9.15 Å². The zero-order chi connectivity index (χ0) is 47.6. The molecule has 9 aromatic rings. The maximum absolute atomic E-state index is 7.01. The highest BCUT2D eigenvalue weighted by molar-refractivity contribution is 7.00. The third-order valence-electron chi connectivity index (χ3n) is 17.4. The molecule has 8 aromatic carbocycles. The van der Waals surface area contributed by atoms with E-state index in [0.717, 1.165) is 51.0 Å². The molecule has 1 fully saturated rings. The Hall–Kier alpha value is -7.18. The molecule has 14 rings (SSSR count). The maximum atomic E-state index is 7.01. The topological polar surface area (TPSA) is 32.1 Å². The first-order valence-corrected chi connectivity index (χ1v) is 25.5. The smallest absolute Gasteiger partial charge is 0.252 e. The van der Waals surface area contributed by atoms with Crippen molar-refractivity contribution in [2.45, 2.75) is 104 Å². The third-order valence-corrected chi connectivity index (χ3v) is 17.4. The molecule has 5 nitrogen and oxygen atoms in total. The van der Waals surface area contributed by atoms with E-state index >= 15 is 0 Å². The number of hydrogen-bond acceptors (Lipinski definition) is 5. The average molecular weight is 912 g/mol. The summed E-state index contributed by atoms with van der Waals surface area (Å²) in [6.07, 6.45) is 4.81. The fourth-order valence-electron chi connectivity index (χ4n) is 14.1. The summed E-state index contributed by atoms with van der Waals surface area (Å²) >= 11 is 0. The molecule has 5 aliphatic rings. The van der Waals surface area contributed by atoms with Crippen molar-refractivity contribution >= 4 is 90.5 Å². The minimum absolute atomic E-state index is 0.0190. The summed E-state index contributed by atoms with van der Waals surface area (Å²) < 4.78 is 13.6. The standard InChI is InChI=1S/C64H58BN3O2/c1-38-31-40(3)59-53(32-38)68(64(8)30-14-13-29-63(59,64)7)43-26-28-48-52(36-43)67(50-22-15-20-46-45-19-11-12-23-56(45)70-61(46)50)55-34-39(2)33-54-60(55)65(48)47-27-25-42(62(4,5)6)35-51(47)66(54)49-21-16-24-57-58(49)44-18-10-9-17-41(44)37-69-57/h9-12,15-28,31-36H,13-14,29-30,37H2,1-8H3. The van der Waals surface area contributed by atoms with Crippen LogP contribution in [0, 0.1) is 20.8 Å². The van der Waals surface area contributed by atoms with Crippen LogP contribution in [0.3, 0.4) is 0 Å². The number of ether oxygens (including phenoxy) is 1. The number of rotatable bonds is 3. The quantitative estimate of drug-likeness (QED) is 0.165. The SMILES string of the molecule is Cc1cc2c3c(c1)N(c1cccc4c1oc1ccccc14)c1cc(N4c5cc(C)cc(C)c5C5(C)CCCCC45C)ccc1B3c1ccc(C(C)(C)C)cc1N2c1cccc2c1-c1ccccc1CO2. The number of para-hydroxylation sites is 2. The first-order valence-electron chi connectivity index (χ1n) is 25.5. The first kappa shape index (κ1) is 41.8. The lowest BCUT2D eigenvalue weighted by Gasteiger charge is -2.51. The van der Waals surface area contributed by atoms with Gasteiger partial charge in [0, 0.05) is 55.9 Å². The van der Waals surface area contributed by atoms with Crippen molar-refractivity contribution in [1.82, 2.24) is 0 Å². The number of fused-ring (bicyclic) bond motifs is 13. The number of nitrogens with zero attached hydrogens (tertiary/aromatic N) is 3. The number of furan rings is 1. The van der Waals surface area contributed by atoms with Crippen LogP contribution in [0.5, 0.6) is 5.75 Å². The van der Waals surface area contributed by atoms with Crippen LogP contribution in [-0.4, -0.2) is 12.3 Å². The normalized spacial score (nSPS) is 19.5. The van der Waals surface area contributed by atoms with E-state index < -0.39 is 0 Å². The van der Waals surface area contributed by atoms with Gasteiger partial charge >= 0.3 is 0 Å². The Bertz CT molecular complexity index is 3730. The van der Waals surface area contributed by atoms with Crippen LogP contribution < -0.4 is 35.8 Å². The van der Waals surface area contributed by atoms with Gasteiger partial charge in [-0.05, 0) is 162 Å². The third kappa shape index (κ3) is 5.56. The van der Waals surface area contributed by atoms with Crippen LogP contribution >= 0.6 is 0 Å². The summed E-state index contributed by atoms with van der Waals surface area (Å²) in [5.74, 6) is 0.918. The molecule has 1 aliphatic carbocycles. The van der Waals surface area contributed by atoms with Gasteiger partial charge in [-0.1, -0.05) is 125 Å². The molecule has 2 atom stereocenters. The van der Waals surface area contributed by atoms with E-state index in [0.29, 0.717) is 6.61 Å². The highest BCUT2D eigenvalue weighted by atomic mass is 16.5. The second kappa shape index (κ2) is 14.4. The van der Waals surface area contributed by atoms with Crippen LogP contribution in [-0.2, 0) is 17.4 Å². The Balaban J connectivity index is 1.08. The lowest BCUT2D eigenvalue weighted by atomic mass is 9.33. The van der Waals surface area contributed by atoms with Crippen LogP contribution in [0.15, 0.2) is 150 Å². The molecule has 1 aromatic heterocycles. The maximum Gasteiger partial charge on any atom is 0.252 e. The molecule has 5 heterocycles. The summed E-state index contributed by atoms with van der Waals surface area (Å²) in [5, 5.41) is 2.25. The van der Waals surface area contributed by atoms with Crippen molar-refractivity contribution in [2.24, 2.45) is 0 Å². The second-order valence-electron chi connectivity index (χ2n) is 22.6. The lowest BCUT2D eigenvalue weighted by Crippen LogP contribution is -2.61. The predicted octanol–water partition coefficient (Wildman–Crippen LogP) is 15.2. The van der Waals surface area contributed by atoms with Gasteiger partial charge in [-0.3, -0.25) is 0 Å². The van der Waals surface area contributed by atoms with E-state index in [-0.39, 0.29) is 23.1 Å². The van der Waals surface area contributed by atoms with Crippen molar-refractivity contribution in [1.29, 1.82) is 0 Å². The van der Waals surface area contributed by atoms with E-state index in [4.69, 9.17) is 9.15 Å². The van der Waals surface area contributed by atoms with Crippen LogP contribution in [0.4, 0.5) is 45.5 Å². The molecule has 0 saturated heterocycles. The largest absolute Gasteiger partial charge is 0.488 e. The highest BCUT2D eigenvalue weighted by Crippen LogP contribution is 2.62. The van der Waals surface area contributed by atoms with Crippen LogP contribution in [0.1, 0.15) is 93.7 Å². The zero-order valence-corrected chi connectivity index (χ0v) is 41.6. The van der Waals surface area contributed by atoms with Crippen molar-refractivity contribution in [3.05, 3.63) is 179 Å². The molecule has 70 heavy (non-hydrogen) atoms. The van der Waals surface area contributed by atoms with Gasteiger partial charge in [-0.15, -0.1) is 0 Å². The van der Waals surface area contributed by atoms with Crippen molar-refractivity contribution in [2.75, 3.05) is 14.7 Å². The Morgan fingerprint density at radius 3 is 2.09 bits per heavy atom. The Kier molecular flexibility index (Phi) is 8.62. The van der Waals surface area contributed by atoms with Gasteiger partial charge in [-0.25, -0.2) is 0 Å². The number of anilines is 8. The number of hydrogen-bond donors (Lipinski definition) is 0. The molecule has 2 unspecified atom stereocenters. The van der Waals surface area contributed by atoms with Crippen molar-refractivity contribution in [3.8, 4) is 16.9 Å². The fraction of sp³-hybridized carbons (Fsp3) is 0.250. The van der Waals surface area contributed by atoms with E-state index in [1.165, 1.54) is 109 Å². The predicted molar refractivity (Wildman–Crippen MR) is 293 cm³/mol. The fourth-order valence-corrected chi connectivity index (χ4v) is 14.1. The monoisotopic (exact) mass is 911 g/mol. The molecule has 0 radical (unpaired) electrons. The van der Waals surface area contributed by atoms with Gasteiger partial charge < -0.3 is 23.9 Å². The molecule has 0 spiro atoms. The molecule has 4 aliphatic heterocycles. The van der Waals surface area contributed by atoms with E-state index in [1.807, 2.05) is 0 Å². The summed E-state index contributed by atoms with van der Waals surface area (Å²) in [4.78, 5) is 7.91. The summed E-state index contributed by atoms with van der Waals surface area (Å²) in [6, 6.07) is 55.2. The molecule has 1 saturated carbocycles. The molecule has 344 valence electrons. The summed E-state index contributed by atoms with van der Waals surface area (Å²) in [7, 11) is 0. The first-order chi connectivity index (χ1) is 33.8. The molecular weight excluding hydrogens is 854 g/mol. The molecule has 0 bridgehead atoms. The van der Waals surface area contributed by atoms with E-state index in [9.17, 15) is 0 Å². The zero-order valence-electron chi connectivity index (χ0n) is 41.6. The molecule has 0 N–H and O–H groups in total. The van der Waals surface area contributed by atoms with Gasteiger partial charge in [-0.2, -0.15) is 0 Å².